The summed E-state index contributed by atoms with van der Waals surface area (Å²) in [6, 6.07) is 0.311. The number of hydrogen-bond donors (Lipinski definition) is 1. The Morgan fingerprint density at radius 1 is 1.56 bits per heavy atom. The van der Waals surface area contributed by atoms with Gasteiger partial charge in [0.25, 0.3) is 0 Å². The van der Waals surface area contributed by atoms with E-state index in [0.29, 0.717) is 6.04 Å². The van der Waals surface area contributed by atoms with Crippen LogP contribution in [-0.4, -0.2) is 39.0 Å². The molecule has 1 aromatic rings. The normalized spacial score (nSPS) is 25.9. The average Bonchev–Trinajstić information content (AvgIpc) is 2.57. The standard InChI is InChI=1S/C11H21N5/c1-11(2)8-16(5-4-10(11)12)7-9-6-15(3)14-13-9/h6,10H,4-5,7-8,12H2,1-3H3. The number of hydrogen-bond acceptors (Lipinski definition) is 4. The number of aromatic nitrogens is 3. The third-order valence-corrected chi connectivity index (χ3v) is 3.43. The lowest BCUT2D eigenvalue weighted by Crippen LogP contribution is -2.52. The number of rotatable bonds is 2. The molecule has 16 heavy (non-hydrogen) atoms. The Hall–Kier alpha value is -0.940. The molecule has 90 valence electrons. The summed E-state index contributed by atoms with van der Waals surface area (Å²) in [6.07, 6.45) is 3.04. The van der Waals surface area contributed by atoms with E-state index in [1.54, 1.807) is 4.68 Å². The molecule has 1 aromatic heterocycles. The van der Waals surface area contributed by atoms with E-state index in [2.05, 4.69) is 29.1 Å². The fourth-order valence-corrected chi connectivity index (χ4v) is 2.32. The molecule has 0 aromatic carbocycles. The number of likely N-dealkylation sites (tertiary alicyclic amines) is 1. The molecular weight excluding hydrogens is 202 g/mol. The predicted molar refractivity (Wildman–Crippen MR) is 62.7 cm³/mol. The summed E-state index contributed by atoms with van der Waals surface area (Å²) < 4.78 is 1.75. The maximum Gasteiger partial charge on any atom is 0.0967 e. The first-order valence-electron chi connectivity index (χ1n) is 5.80. The third kappa shape index (κ3) is 2.41. The van der Waals surface area contributed by atoms with Gasteiger partial charge in [-0.3, -0.25) is 9.58 Å². The summed E-state index contributed by atoms with van der Waals surface area (Å²) in [7, 11) is 1.90. The Morgan fingerprint density at radius 3 is 2.88 bits per heavy atom. The molecule has 1 aliphatic rings. The minimum Gasteiger partial charge on any atom is -0.327 e. The quantitative estimate of drug-likeness (QED) is 0.787. The van der Waals surface area contributed by atoms with Gasteiger partial charge >= 0.3 is 0 Å². The monoisotopic (exact) mass is 223 g/mol. The fraction of sp³-hybridized carbons (Fsp3) is 0.818. The van der Waals surface area contributed by atoms with Gasteiger partial charge in [-0.15, -0.1) is 5.10 Å². The van der Waals surface area contributed by atoms with Crippen LogP contribution in [0.5, 0.6) is 0 Å². The van der Waals surface area contributed by atoms with Crippen molar-refractivity contribution in [1.82, 2.24) is 19.9 Å². The summed E-state index contributed by atoms with van der Waals surface area (Å²) in [5.74, 6) is 0. The number of nitrogens with zero attached hydrogens (tertiary/aromatic N) is 4. The van der Waals surface area contributed by atoms with Crippen molar-refractivity contribution >= 4 is 0 Å². The van der Waals surface area contributed by atoms with Crippen molar-refractivity contribution in [2.75, 3.05) is 13.1 Å². The summed E-state index contributed by atoms with van der Waals surface area (Å²) in [5.41, 5.74) is 7.34. The van der Waals surface area contributed by atoms with Crippen LogP contribution < -0.4 is 5.73 Å². The molecule has 5 nitrogen and oxygen atoms in total. The molecule has 1 aliphatic heterocycles. The Morgan fingerprint density at radius 2 is 2.31 bits per heavy atom. The van der Waals surface area contributed by atoms with Gasteiger partial charge in [0.05, 0.1) is 5.69 Å². The first-order valence-corrected chi connectivity index (χ1v) is 5.80. The molecule has 0 radical (unpaired) electrons. The number of piperidine rings is 1. The van der Waals surface area contributed by atoms with Crippen LogP contribution >= 0.6 is 0 Å². The summed E-state index contributed by atoms with van der Waals surface area (Å²) in [6.45, 7) is 7.44. The highest BCUT2D eigenvalue weighted by Gasteiger charge is 2.33. The molecule has 0 bridgehead atoms. The lowest BCUT2D eigenvalue weighted by Gasteiger charge is -2.42. The maximum atomic E-state index is 6.11. The molecule has 0 aliphatic carbocycles. The SMILES string of the molecule is Cn1cc(CN2CCC(N)C(C)(C)C2)nn1. The van der Waals surface area contributed by atoms with Crippen LogP contribution in [0, 0.1) is 5.41 Å². The fourth-order valence-electron chi connectivity index (χ4n) is 2.32. The highest BCUT2D eigenvalue weighted by Crippen LogP contribution is 2.28. The van der Waals surface area contributed by atoms with E-state index in [0.717, 1.165) is 31.7 Å². The zero-order valence-corrected chi connectivity index (χ0v) is 10.3. The van der Waals surface area contributed by atoms with Crippen molar-refractivity contribution < 1.29 is 0 Å². The van der Waals surface area contributed by atoms with E-state index in [-0.39, 0.29) is 5.41 Å². The molecule has 2 heterocycles. The average molecular weight is 223 g/mol. The van der Waals surface area contributed by atoms with Crippen LogP contribution in [0.2, 0.25) is 0 Å². The second kappa shape index (κ2) is 4.14. The second-order valence-electron chi connectivity index (χ2n) is 5.48. The highest BCUT2D eigenvalue weighted by atomic mass is 15.4. The van der Waals surface area contributed by atoms with Gasteiger partial charge in [0.2, 0.25) is 0 Å². The van der Waals surface area contributed by atoms with Gasteiger partial charge in [0, 0.05) is 38.9 Å². The first-order chi connectivity index (χ1) is 7.47. The van der Waals surface area contributed by atoms with Crippen LogP contribution in [0.4, 0.5) is 0 Å². The van der Waals surface area contributed by atoms with E-state index in [9.17, 15) is 0 Å². The van der Waals surface area contributed by atoms with Crippen LogP contribution in [0.3, 0.4) is 0 Å². The van der Waals surface area contributed by atoms with Gasteiger partial charge in [-0.1, -0.05) is 19.1 Å². The van der Waals surface area contributed by atoms with E-state index >= 15 is 0 Å². The van der Waals surface area contributed by atoms with E-state index in [1.807, 2.05) is 13.2 Å². The molecule has 1 atom stereocenters. The number of aryl methyl sites for hydroxylation is 1. The van der Waals surface area contributed by atoms with Crippen molar-refractivity contribution in [3.63, 3.8) is 0 Å². The smallest absolute Gasteiger partial charge is 0.0967 e. The molecule has 2 N–H and O–H groups in total. The molecule has 0 spiro atoms. The minimum absolute atomic E-state index is 0.195. The van der Waals surface area contributed by atoms with E-state index in [4.69, 9.17) is 5.73 Å². The molecule has 5 heteroatoms. The maximum absolute atomic E-state index is 6.11. The van der Waals surface area contributed by atoms with E-state index < -0.39 is 0 Å². The van der Waals surface area contributed by atoms with Gasteiger partial charge in [0.15, 0.2) is 0 Å². The zero-order chi connectivity index (χ0) is 11.8. The Bertz CT molecular complexity index is 357. The van der Waals surface area contributed by atoms with Gasteiger partial charge < -0.3 is 5.73 Å². The van der Waals surface area contributed by atoms with Gasteiger partial charge in [0.1, 0.15) is 0 Å². The van der Waals surface area contributed by atoms with Crippen molar-refractivity contribution in [2.45, 2.75) is 32.9 Å². The van der Waals surface area contributed by atoms with Gasteiger partial charge in [-0.25, -0.2) is 0 Å². The Labute approximate surface area is 96.6 Å². The predicted octanol–water partition coefficient (Wildman–Crippen LogP) is 0.374. The highest BCUT2D eigenvalue weighted by molar-refractivity contribution is 4.96. The first kappa shape index (κ1) is 11.5. The van der Waals surface area contributed by atoms with Crippen molar-refractivity contribution in [1.29, 1.82) is 0 Å². The summed E-state index contributed by atoms with van der Waals surface area (Å²) in [5, 5.41) is 8.07. The van der Waals surface area contributed by atoms with Gasteiger partial charge in [-0.05, 0) is 11.8 Å². The van der Waals surface area contributed by atoms with Crippen LogP contribution in [0.25, 0.3) is 0 Å². The molecule has 0 saturated carbocycles. The van der Waals surface area contributed by atoms with E-state index in [1.165, 1.54) is 0 Å². The molecule has 2 rings (SSSR count). The minimum atomic E-state index is 0.195. The van der Waals surface area contributed by atoms with Crippen LogP contribution in [0.15, 0.2) is 6.20 Å². The zero-order valence-electron chi connectivity index (χ0n) is 10.3. The lowest BCUT2D eigenvalue weighted by molar-refractivity contribution is 0.0889. The largest absolute Gasteiger partial charge is 0.327 e. The summed E-state index contributed by atoms with van der Waals surface area (Å²) in [4.78, 5) is 2.41. The molecule has 1 saturated heterocycles. The summed E-state index contributed by atoms with van der Waals surface area (Å²) >= 11 is 0. The second-order valence-corrected chi connectivity index (χ2v) is 5.48. The Balaban J connectivity index is 1.97. The number of nitrogens with two attached hydrogens (primary N) is 1. The van der Waals surface area contributed by atoms with Crippen LogP contribution in [0.1, 0.15) is 26.0 Å². The third-order valence-electron chi connectivity index (χ3n) is 3.43. The van der Waals surface area contributed by atoms with Gasteiger partial charge in [-0.2, -0.15) is 0 Å². The molecule has 1 fully saturated rings. The van der Waals surface area contributed by atoms with Crippen LogP contribution in [-0.2, 0) is 13.6 Å². The topological polar surface area (TPSA) is 60.0 Å². The molecule has 0 amide bonds. The lowest BCUT2D eigenvalue weighted by atomic mass is 9.80. The van der Waals surface area contributed by atoms with Crippen molar-refractivity contribution in [2.24, 2.45) is 18.2 Å². The molecule has 1 unspecified atom stereocenters. The molecular formula is C11H21N5. The Kier molecular flexibility index (Phi) is 2.99. The van der Waals surface area contributed by atoms with Crippen molar-refractivity contribution in [3.8, 4) is 0 Å². The van der Waals surface area contributed by atoms with Crippen molar-refractivity contribution in [3.05, 3.63) is 11.9 Å².